The van der Waals surface area contributed by atoms with Crippen LogP contribution in [0.5, 0.6) is 0 Å². The molecular weight excluding hydrogens is 218 g/mol. The number of carbonyl (C=O) groups is 1. The Morgan fingerprint density at radius 1 is 1.41 bits per heavy atom. The maximum Gasteiger partial charge on any atom is 0.312 e. The third-order valence-corrected chi connectivity index (χ3v) is 4.34. The van der Waals surface area contributed by atoms with Crippen molar-refractivity contribution < 1.29 is 14.6 Å². The molecule has 0 radical (unpaired) electrons. The summed E-state index contributed by atoms with van der Waals surface area (Å²) in [5.41, 5.74) is -0.383. The molecule has 4 nitrogen and oxygen atoms in total. The van der Waals surface area contributed by atoms with Crippen molar-refractivity contribution in [1.82, 2.24) is 4.90 Å². The molecule has 0 bridgehead atoms. The average Bonchev–Trinajstić information content (AvgIpc) is 2.72. The van der Waals surface area contributed by atoms with Gasteiger partial charge in [-0.2, -0.15) is 0 Å². The highest BCUT2D eigenvalue weighted by Crippen LogP contribution is 2.35. The monoisotopic (exact) mass is 241 g/mol. The van der Waals surface area contributed by atoms with Gasteiger partial charge in [-0.1, -0.05) is 12.8 Å². The summed E-state index contributed by atoms with van der Waals surface area (Å²) in [6.07, 6.45) is 4.88. The number of hydrogen-bond donors (Lipinski definition) is 1. The van der Waals surface area contributed by atoms with Crippen LogP contribution in [0, 0.1) is 5.41 Å². The molecule has 1 saturated heterocycles. The highest BCUT2D eigenvalue weighted by atomic mass is 16.5. The lowest BCUT2D eigenvalue weighted by Crippen LogP contribution is -2.45. The fraction of sp³-hybridized carbons (Fsp3) is 0.923. The van der Waals surface area contributed by atoms with Crippen LogP contribution in [0.3, 0.4) is 0 Å². The Kier molecular flexibility index (Phi) is 3.73. The predicted molar refractivity (Wildman–Crippen MR) is 64.6 cm³/mol. The van der Waals surface area contributed by atoms with Gasteiger partial charge in [-0.05, 0) is 32.7 Å². The summed E-state index contributed by atoms with van der Waals surface area (Å²) in [5, 5.41) is 10.0. The van der Waals surface area contributed by atoms with Crippen LogP contribution in [0.4, 0.5) is 0 Å². The number of nitrogens with zero attached hydrogens (tertiary/aromatic N) is 1. The standard InChI is InChI=1S/C13H23NO3/c1-13(12(16)17-2)7-8-14(9-13)10-5-3-4-6-11(10)15/h10-11,15H,3-9H2,1-2H3/t10-,11+,13-/m1/s1. The molecule has 0 spiro atoms. The van der Waals surface area contributed by atoms with E-state index in [-0.39, 0.29) is 23.5 Å². The molecule has 1 N–H and O–H groups in total. The van der Waals surface area contributed by atoms with Crippen molar-refractivity contribution in [2.24, 2.45) is 5.41 Å². The van der Waals surface area contributed by atoms with Gasteiger partial charge in [0.1, 0.15) is 0 Å². The zero-order valence-corrected chi connectivity index (χ0v) is 10.8. The molecule has 3 atom stereocenters. The Balaban J connectivity index is 1.99. The van der Waals surface area contributed by atoms with Gasteiger partial charge in [0.05, 0.1) is 18.6 Å². The minimum atomic E-state index is -0.383. The Hall–Kier alpha value is -0.610. The number of carbonyl (C=O) groups excluding carboxylic acids is 1. The average molecular weight is 241 g/mol. The molecule has 2 aliphatic rings. The topological polar surface area (TPSA) is 49.8 Å². The molecule has 1 aliphatic carbocycles. The van der Waals surface area contributed by atoms with Crippen molar-refractivity contribution >= 4 is 5.97 Å². The van der Waals surface area contributed by atoms with Crippen molar-refractivity contribution in [2.45, 2.75) is 51.2 Å². The lowest BCUT2D eigenvalue weighted by atomic mass is 9.89. The molecule has 2 fully saturated rings. The smallest absolute Gasteiger partial charge is 0.312 e. The molecule has 0 aromatic carbocycles. The summed E-state index contributed by atoms with van der Waals surface area (Å²) >= 11 is 0. The maximum absolute atomic E-state index is 11.7. The van der Waals surface area contributed by atoms with Crippen LogP contribution in [0.1, 0.15) is 39.0 Å². The zero-order chi connectivity index (χ0) is 12.5. The number of likely N-dealkylation sites (tertiary alicyclic amines) is 1. The quantitative estimate of drug-likeness (QED) is 0.737. The zero-order valence-electron chi connectivity index (χ0n) is 10.8. The van der Waals surface area contributed by atoms with E-state index in [4.69, 9.17) is 4.74 Å². The summed E-state index contributed by atoms with van der Waals surface area (Å²) in [6, 6.07) is 0.246. The first kappa shape index (κ1) is 12.8. The van der Waals surface area contributed by atoms with Gasteiger partial charge >= 0.3 is 5.97 Å². The van der Waals surface area contributed by atoms with Gasteiger partial charge in [0.2, 0.25) is 0 Å². The van der Waals surface area contributed by atoms with E-state index in [0.29, 0.717) is 0 Å². The number of methoxy groups -OCH3 is 1. The van der Waals surface area contributed by atoms with Gasteiger partial charge in [0.15, 0.2) is 0 Å². The van der Waals surface area contributed by atoms with Crippen molar-refractivity contribution in [1.29, 1.82) is 0 Å². The fourth-order valence-corrected chi connectivity index (χ4v) is 3.21. The molecule has 0 unspecified atom stereocenters. The molecule has 17 heavy (non-hydrogen) atoms. The fourth-order valence-electron chi connectivity index (χ4n) is 3.21. The van der Waals surface area contributed by atoms with E-state index >= 15 is 0 Å². The molecular formula is C13H23NO3. The molecule has 0 amide bonds. The Bertz CT molecular complexity index is 294. The summed E-state index contributed by atoms with van der Waals surface area (Å²) in [4.78, 5) is 14.0. The summed E-state index contributed by atoms with van der Waals surface area (Å²) in [6.45, 7) is 3.59. The van der Waals surface area contributed by atoms with E-state index in [2.05, 4.69) is 4.90 Å². The molecule has 0 aromatic heterocycles. The minimum Gasteiger partial charge on any atom is -0.469 e. The number of ether oxygens (including phenoxy) is 1. The van der Waals surface area contributed by atoms with Crippen LogP contribution in [-0.2, 0) is 9.53 Å². The molecule has 1 saturated carbocycles. The number of hydrogen-bond acceptors (Lipinski definition) is 4. The Labute approximate surface area is 103 Å². The van der Waals surface area contributed by atoms with Gasteiger partial charge in [0, 0.05) is 12.6 Å². The molecule has 98 valence electrons. The number of aliphatic hydroxyl groups is 1. The minimum absolute atomic E-state index is 0.120. The first-order valence-electron chi connectivity index (χ1n) is 6.57. The third-order valence-electron chi connectivity index (χ3n) is 4.34. The van der Waals surface area contributed by atoms with E-state index in [1.807, 2.05) is 6.92 Å². The van der Waals surface area contributed by atoms with E-state index < -0.39 is 0 Å². The highest BCUT2D eigenvalue weighted by Gasteiger charge is 2.44. The van der Waals surface area contributed by atoms with Gasteiger partial charge in [0.25, 0.3) is 0 Å². The van der Waals surface area contributed by atoms with Crippen LogP contribution in [0.15, 0.2) is 0 Å². The number of esters is 1. The van der Waals surface area contributed by atoms with Gasteiger partial charge in [-0.3, -0.25) is 9.69 Å². The lowest BCUT2D eigenvalue weighted by molar-refractivity contribution is -0.151. The van der Waals surface area contributed by atoms with Crippen molar-refractivity contribution in [3.63, 3.8) is 0 Å². The summed E-state index contributed by atoms with van der Waals surface area (Å²) in [7, 11) is 1.45. The second-order valence-corrected chi connectivity index (χ2v) is 5.69. The molecule has 0 aromatic rings. The largest absolute Gasteiger partial charge is 0.469 e. The second-order valence-electron chi connectivity index (χ2n) is 5.69. The SMILES string of the molecule is COC(=O)[C@]1(C)CCN([C@@H]2CCCC[C@@H]2O)C1. The lowest BCUT2D eigenvalue weighted by Gasteiger charge is -2.35. The third kappa shape index (κ3) is 2.47. The van der Waals surface area contributed by atoms with Crippen LogP contribution in [-0.4, -0.2) is 48.3 Å². The van der Waals surface area contributed by atoms with E-state index in [1.165, 1.54) is 13.5 Å². The maximum atomic E-state index is 11.7. The second kappa shape index (κ2) is 4.94. The van der Waals surface area contributed by atoms with Gasteiger partial charge in [-0.25, -0.2) is 0 Å². The van der Waals surface area contributed by atoms with Crippen LogP contribution in [0.25, 0.3) is 0 Å². The van der Waals surface area contributed by atoms with Crippen molar-refractivity contribution in [3.05, 3.63) is 0 Å². The number of aliphatic hydroxyl groups excluding tert-OH is 1. The van der Waals surface area contributed by atoms with E-state index in [9.17, 15) is 9.90 Å². The van der Waals surface area contributed by atoms with E-state index in [1.54, 1.807) is 0 Å². The van der Waals surface area contributed by atoms with Crippen LogP contribution < -0.4 is 0 Å². The molecule has 4 heteroatoms. The first-order chi connectivity index (χ1) is 8.07. The van der Waals surface area contributed by atoms with E-state index in [0.717, 1.165) is 38.8 Å². The summed E-state index contributed by atoms with van der Waals surface area (Å²) in [5.74, 6) is -0.120. The molecule has 1 heterocycles. The number of rotatable bonds is 2. The molecule has 2 rings (SSSR count). The van der Waals surface area contributed by atoms with Crippen molar-refractivity contribution in [3.8, 4) is 0 Å². The van der Waals surface area contributed by atoms with Crippen LogP contribution >= 0.6 is 0 Å². The Morgan fingerprint density at radius 3 is 2.76 bits per heavy atom. The normalized spacial score (nSPS) is 39.2. The van der Waals surface area contributed by atoms with Crippen molar-refractivity contribution in [2.75, 3.05) is 20.2 Å². The predicted octanol–water partition coefficient (Wildman–Crippen LogP) is 1.17. The molecule has 1 aliphatic heterocycles. The van der Waals surface area contributed by atoms with Crippen LogP contribution in [0.2, 0.25) is 0 Å². The first-order valence-corrected chi connectivity index (χ1v) is 6.57. The van der Waals surface area contributed by atoms with Gasteiger partial charge in [-0.15, -0.1) is 0 Å². The van der Waals surface area contributed by atoms with Gasteiger partial charge < -0.3 is 9.84 Å². The Morgan fingerprint density at radius 2 is 2.12 bits per heavy atom. The highest BCUT2D eigenvalue weighted by molar-refractivity contribution is 5.77. The summed E-state index contributed by atoms with van der Waals surface area (Å²) < 4.78 is 4.87.